The summed E-state index contributed by atoms with van der Waals surface area (Å²) >= 11 is 0. The molecule has 3 N–H and O–H groups in total. The van der Waals surface area contributed by atoms with Gasteiger partial charge in [0.15, 0.2) is 5.78 Å². The number of hydrogen-bond acceptors (Lipinski definition) is 5. The summed E-state index contributed by atoms with van der Waals surface area (Å²) in [5.41, 5.74) is 1.20. The van der Waals surface area contributed by atoms with Crippen LogP contribution < -0.4 is 14.4 Å². The molecule has 0 heterocycles. The molecule has 1 rings (SSSR count). The first-order chi connectivity index (χ1) is 12.5. The van der Waals surface area contributed by atoms with E-state index in [1.165, 1.54) is 0 Å². The molecule has 6 nitrogen and oxygen atoms in total. The van der Waals surface area contributed by atoms with Crippen LogP contribution in [0, 0.1) is 0 Å². The second-order valence-corrected chi connectivity index (χ2v) is 24.1. The molecular weight excluding hydrogens is 404 g/mol. The standard InChI is InChI=1S/C19H36N2O4Si3/c1-26(2,3)20-15(19(23)24)13-16(22)14-11-10-12-17(25-28(7,8)9)18(14)21-27(4,5)6/h10-12,15,20-21H,13H2,1-9H3,(H,23,24). The van der Waals surface area contributed by atoms with Gasteiger partial charge in [0.2, 0.25) is 8.32 Å². The lowest BCUT2D eigenvalue weighted by Crippen LogP contribution is -2.52. The summed E-state index contributed by atoms with van der Waals surface area (Å²) in [4.78, 5) is 31.5. The Labute approximate surface area is 172 Å². The number of benzene rings is 1. The van der Waals surface area contributed by atoms with Crippen LogP contribution in [-0.2, 0) is 4.79 Å². The number of nitrogens with one attached hydrogen (secondary N) is 2. The van der Waals surface area contributed by atoms with E-state index >= 15 is 0 Å². The molecule has 0 aliphatic heterocycles. The number of anilines is 1. The summed E-state index contributed by atoms with van der Waals surface area (Å²) in [6.45, 7) is 18.8. The minimum Gasteiger partial charge on any atom is -0.543 e. The van der Waals surface area contributed by atoms with Crippen LogP contribution in [0.1, 0.15) is 16.8 Å². The molecule has 1 unspecified atom stereocenters. The summed E-state index contributed by atoms with van der Waals surface area (Å²) < 4.78 is 6.22. The maximum Gasteiger partial charge on any atom is 0.320 e. The van der Waals surface area contributed by atoms with Gasteiger partial charge in [0, 0.05) is 12.0 Å². The zero-order chi connectivity index (χ0) is 21.9. The predicted molar refractivity (Wildman–Crippen MR) is 124 cm³/mol. The highest BCUT2D eigenvalue weighted by Gasteiger charge is 2.30. The van der Waals surface area contributed by atoms with Crippen molar-refractivity contribution in [3.05, 3.63) is 23.8 Å². The topological polar surface area (TPSA) is 87.7 Å². The van der Waals surface area contributed by atoms with Crippen LogP contribution >= 0.6 is 0 Å². The lowest BCUT2D eigenvalue weighted by Gasteiger charge is -2.28. The van der Waals surface area contributed by atoms with Crippen LogP contribution in [0.3, 0.4) is 0 Å². The molecule has 0 saturated carbocycles. The molecule has 158 valence electrons. The molecule has 0 aromatic heterocycles. The van der Waals surface area contributed by atoms with Gasteiger partial charge in [-0.2, -0.15) is 0 Å². The monoisotopic (exact) mass is 440 g/mol. The Balaban J connectivity index is 3.31. The number of para-hydroxylation sites is 1. The van der Waals surface area contributed by atoms with Crippen LogP contribution in [0.5, 0.6) is 5.75 Å². The third kappa shape index (κ3) is 8.72. The van der Waals surface area contributed by atoms with Crippen molar-refractivity contribution in [1.29, 1.82) is 0 Å². The minimum absolute atomic E-state index is 0.0869. The summed E-state index contributed by atoms with van der Waals surface area (Å²) in [5.74, 6) is -0.512. The minimum atomic E-state index is -1.88. The number of hydrogen-bond donors (Lipinski definition) is 3. The number of aliphatic carboxylic acids is 1. The average molecular weight is 441 g/mol. The number of Topliss-reactive ketones (excluding diaryl/α,β-unsaturated/α-hetero) is 1. The molecule has 0 bridgehead atoms. The van der Waals surface area contributed by atoms with Gasteiger partial charge < -0.3 is 19.5 Å². The van der Waals surface area contributed by atoms with Crippen LogP contribution in [0.15, 0.2) is 18.2 Å². The van der Waals surface area contributed by atoms with Gasteiger partial charge in [0.05, 0.1) is 5.69 Å². The lowest BCUT2D eigenvalue weighted by atomic mass is 10.0. The molecular formula is C19H36N2O4Si3. The van der Waals surface area contributed by atoms with Gasteiger partial charge in [0.1, 0.15) is 28.3 Å². The molecule has 0 fully saturated rings. The van der Waals surface area contributed by atoms with Gasteiger partial charge in [-0.05, 0) is 31.8 Å². The van der Waals surface area contributed by atoms with Crippen LogP contribution in [-0.4, -0.2) is 47.7 Å². The third-order valence-corrected chi connectivity index (χ3v) is 6.58. The second-order valence-electron chi connectivity index (χ2n) is 10.2. The van der Waals surface area contributed by atoms with E-state index in [-0.39, 0.29) is 12.2 Å². The van der Waals surface area contributed by atoms with E-state index in [4.69, 9.17) is 4.43 Å². The Hall–Kier alpha value is -1.43. The van der Waals surface area contributed by atoms with E-state index in [0.29, 0.717) is 17.0 Å². The Morgan fingerprint density at radius 3 is 2.00 bits per heavy atom. The summed E-state index contributed by atoms with van der Waals surface area (Å²) in [6.07, 6.45) is -0.0869. The predicted octanol–water partition coefficient (Wildman–Crippen LogP) is 4.60. The summed E-state index contributed by atoms with van der Waals surface area (Å²) in [7, 11) is -5.51. The molecule has 1 atom stereocenters. The average Bonchev–Trinajstić information content (AvgIpc) is 2.43. The maximum atomic E-state index is 13.1. The largest absolute Gasteiger partial charge is 0.543 e. The highest BCUT2D eigenvalue weighted by molar-refractivity contribution is 6.79. The number of ketones is 1. The highest BCUT2D eigenvalue weighted by atomic mass is 28.4. The molecule has 1 aromatic rings. The molecule has 0 saturated heterocycles. The van der Waals surface area contributed by atoms with Crippen molar-refractivity contribution in [3.63, 3.8) is 0 Å². The van der Waals surface area contributed by atoms with Crippen LogP contribution in [0.2, 0.25) is 58.9 Å². The Bertz CT molecular complexity index is 719. The molecule has 0 amide bonds. The Morgan fingerprint density at radius 2 is 1.57 bits per heavy atom. The number of carbonyl (C=O) groups excluding carboxylic acids is 1. The fourth-order valence-corrected chi connectivity index (χ4v) is 5.81. The molecule has 0 aliphatic carbocycles. The van der Waals surface area contributed by atoms with Crippen molar-refractivity contribution in [1.82, 2.24) is 4.98 Å². The van der Waals surface area contributed by atoms with Crippen molar-refractivity contribution in [2.75, 3.05) is 4.98 Å². The number of carbonyl (C=O) groups is 2. The molecule has 28 heavy (non-hydrogen) atoms. The lowest BCUT2D eigenvalue weighted by molar-refractivity contribution is -0.139. The van der Waals surface area contributed by atoms with Gasteiger partial charge in [-0.3, -0.25) is 9.59 Å². The van der Waals surface area contributed by atoms with Gasteiger partial charge in [-0.25, -0.2) is 0 Å². The SMILES string of the molecule is C[Si](C)(C)Nc1c(O[Si](C)(C)C)cccc1C(=O)CC(N[Si](C)(C)C)C(=O)O. The Kier molecular flexibility index (Phi) is 7.85. The van der Waals surface area contributed by atoms with E-state index < -0.39 is 36.8 Å². The highest BCUT2D eigenvalue weighted by Crippen LogP contribution is 2.33. The van der Waals surface area contributed by atoms with Gasteiger partial charge in [-0.1, -0.05) is 45.3 Å². The van der Waals surface area contributed by atoms with E-state index in [1.54, 1.807) is 12.1 Å². The normalized spacial score (nSPS) is 13.8. The van der Waals surface area contributed by atoms with Crippen LogP contribution in [0.4, 0.5) is 5.69 Å². The summed E-state index contributed by atoms with van der Waals surface area (Å²) in [5, 5.41) is 9.58. The first kappa shape index (κ1) is 24.6. The zero-order valence-electron chi connectivity index (χ0n) is 18.7. The maximum absolute atomic E-state index is 13.1. The smallest absolute Gasteiger partial charge is 0.320 e. The third-order valence-electron chi connectivity index (χ3n) is 3.54. The molecule has 0 spiro atoms. The fourth-order valence-electron chi connectivity index (χ4n) is 2.70. The molecule has 0 radical (unpaired) electrons. The van der Waals surface area contributed by atoms with Gasteiger partial charge in [0.25, 0.3) is 0 Å². The number of carboxylic acids is 1. The van der Waals surface area contributed by atoms with E-state index in [2.05, 4.69) is 49.2 Å². The second kappa shape index (κ2) is 8.93. The van der Waals surface area contributed by atoms with Crippen molar-refractivity contribution in [2.45, 2.75) is 71.4 Å². The quantitative estimate of drug-likeness (QED) is 0.364. The summed E-state index contributed by atoms with van der Waals surface area (Å²) in [6, 6.07) is 4.56. The first-order valence-corrected chi connectivity index (χ1v) is 20.0. The molecule has 1 aromatic carbocycles. The van der Waals surface area contributed by atoms with Gasteiger partial charge >= 0.3 is 5.97 Å². The van der Waals surface area contributed by atoms with Crippen molar-refractivity contribution in [3.8, 4) is 5.75 Å². The van der Waals surface area contributed by atoms with Crippen molar-refractivity contribution < 1.29 is 19.1 Å². The van der Waals surface area contributed by atoms with Crippen molar-refractivity contribution >= 4 is 42.2 Å². The number of rotatable bonds is 10. The molecule has 0 aliphatic rings. The number of carboxylic acid groups (broad SMARTS) is 1. The first-order valence-electron chi connectivity index (χ1n) is 9.62. The van der Waals surface area contributed by atoms with Crippen LogP contribution in [0.25, 0.3) is 0 Å². The zero-order valence-corrected chi connectivity index (χ0v) is 21.7. The fraction of sp³-hybridized carbons (Fsp3) is 0.579. The van der Waals surface area contributed by atoms with E-state index in [9.17, 15) is 14.7 Å². The van der Waals surface area contributed by atoms with E-state index in [0.717, 1.165) is 0 Å². The van der Waals surface area contributed by atoms with Crippen molar-refractivity contribution in [2.24, 2.45) is 0 Å². The van der Waals surface area contributed by atoms with E-state index in [1.807, 2.05) is 25.7 Å². The molecule has 9 heteroatoms. The Morgan fingerprint density at radius 1 is 1.00 bits per heavy atom. The van der Waals surface area contributed by atoms with Gasteiger partial charge in [-0.15, -0.1) is 0 Å².